The Morgan fingerprint density at radius 1 is 1.11 bits per heavy atom. The van der Waals surface area contributed by atoms with Gasteiger partial charge in [-0.25, -0.2) is 4.98 Å². The molecule has 1 fully saturated rings. The predicted molar refractivity (Wildman–Crippen MR) is 126 cm³/mol. The van der Waals surface area contributed by atoms with E-state index in [9.17, 15) is 24.2 Å². The van der Waals surface area contributed by atoms with Crippen molar-refractivity contribution in [1.82, 2.24) is 14.8 Å². The van der Waals surface area contributed by atoms with Gasteiger partial charge in [-0.3, -0.25) is 9.48 Å². The van der Waals surface area contributed by atoms with Crippen LogP contribution in [0.5, 0.6) is 5.75 Å². The van der Waals surface area contributed by atoms with Crippen LogP contribution < -0.4 is 10.1 Å². The third kappa shape index (κ3) is 5.52. The van der Waals surface area contributed by atoms with Crippen molar-refractivity contribution in [3.05, 3.63) is 42.2 Å². The number of carbonyl (C=O) groups is 1. The first-order valence-corrected chi connectivity index (χ1v) is 13.2. The zero-order valence-corrected chi connectivity index (χ0v) is 20.3. The molecule has 0 aliphatic heterocycles. The number of rotatable bonds is 6. The second kappa shape index (κ2) is 8.07. The van der Waals surface area contributed by atoms with Gasteiger partial charge in [0.2, 0.25) is 0 Å². The molecule has 1 amide bonds. The van der Waals surface area contributed by atoms with E-state index in [0.717, 1.165) is 31.7 Å². The first-order chi connectivity index (χ1) is 16.1. The van der Waals surface area contributed by atoms with Gasteiger partial charge in [-0.05, 0) is 55.7 Å². The van der Waals surface area contributed by atoms with Crippen LogP contribution in [0, 0.1) is 11.8 Å². The third-order valence-corrected chi connectivity index (χ3v) is 7.52. The minimum Gasteiger partial charge on any atom is -0.494 e. The van der Waals surface area contributed by atoms with E-state index in [1.807, 2.05) is 10.9 Å². The number of aromatic nitrogens is 3. The number of pyridine rings is 1. The molecule has 2 aromatic heterocycles. The standard InChI is InChI=1S/C23H27F5N4O2S/c1-14(2)15-7-9-17(10-8-15)32-13-16-11-20(21(34-3)12-19(16)31-32)30-23(33)18-5-4-6-22(29-18)35(24,25,26,27)28/h4-6,11-15,17H,7-10H2,1-3H3,(H,30,33)/t15-,17-. The fourth-order valence-electron chi connectivity index (χ4n) is 4.50. The SMILES string of the molecule is COc1cc2nn([C@H]3CC[C@H](C(C)C)CC3)cc2cc1NC(=O)c1cccc(S(F)(F)(F)(F)F)n1. The second-order valence-corrected chi connectivity index (χ2v) is 11.7. The van der Waals surface area contributed by atoms with Crippen LogP contribution in [-0.2, 0) is 0 Å². The van der Waals surface area contributed by atoms with Crippen LogP contribution in [0.2, 0.25) is 0 Å². The largest absolute Gasteiger partial charge is 0.494 e. The second-order valence-electron chi connectivity index (χ2n) is 9.32. The van der Waals surface area contributed by atoms with Crippen molar-refractivity contribution in [2.75, 3.05) is 12.4 Å². The zero-order valence-electron chi connectivity index (χ0n) is 19.5. The summed E-state index contributed by atoms with van der Waals surface area (Å²) >= 11 is 0. The molecule has 0 radical (unpaired) electrons. The quantitative estimate of drug-likeness (QED) is 0.339. The Hall–Kier alpha value is -2.89. The third-order valence-electron chi connectivity index (χ3n) is 6.50. The number of nitrogens with zero attached hydrogens (tertiary/aromatic N) is 3. The van der Waals surface area contributed by atoms with E-state index in [-0.39, 0.29) is 23.5 Å². The van der Waals surface area contributed by atoms with E-state index in [1.165, 1.54) is 7.11 Å². The Balaban J connectivity index is 1.59. The van der Waals surface area contributed by atoms with Crippen molar-refractivity contribution in [3.63, 3.8) is 0 Å². The minimum absolute atomic E-state index is 0.147. The maximum atomic E-state index is 13.1. The molecule has 12 heteroatoms. The molecule has 1 aliphatic rings. The highest BCUT2D eigenvalue weighted by atomic mass is 32.5. The summed E-state index contributed by atoms with van der Waals surface area (Å²) in [7, 11) is -8.66. The van der Waals surface area contributed by atoms with Gasteiger partial charge in [0, 0.05) is 17.6 Å². The van der Waals surface area contributed by atoms with Gasteiger partial charge in [-0.2, -0.15) is 5.10 Å². The molecule has 0 saturated heterocycles. The average Bonchev–Trinajstić information content (AvgIpc) is 3.20. The maximum Gasteiger partial charge on any atom is 0.325 e. The van der Waals surface area contributed by atoms with Gasteiger partial charge in [0.1, 0.15) is 11.4 Å². The molecule has 6 nitrogen and oxygen atoms in total. The van der Waals surface area contributed by atoms with Crippen LogP contribution >= 0.6 is 10.2 Å². The fraction of sp³-hybridized carbons (Fsp3) is 0.435. The molecular weight excluding hydrogens is 491 g/mol. The number of amides is 1. The summed E-state index contributed by atoms with van der Waals surface area (Å²) in [5.41, 5.74) is -0.00464. The number of hydrogen-bond donors (Lipinski definition) is 1. The zero-order chi connectivity index (χ0) is 25.7. The number of ether oxygens (including phenoxy) is 1. The van der Waals surface area contributed by atoms with Crippen molar-refractivity contribution in [1.29, 1.82) is 0 Å². The summed E-state index contributed by atoms with van der Waals surface area (Å²) in [6, 6.07) is 5.24. The molecule has 0 atom stereocenters. The molecule has 2 heterocycles. The normalized spacial score (nSPS) is 20.9. The van der Waals surface area contributed by atoms with Gasteiger partial charge >= 0.3 is 10.2 Å². The van der Waals surface area contributed by atoms with Crippen LogP contribution in [0.1, 0.15) is 56.1 Å². The Morgan fingerprint density at radius 3 is 2.40 bits per heavy atom. The molecule has 1 aromatic carbocycles. The molecule has 3 aromatic rings. The maximum absolute atomic E-state index is 13.1. The predicted octanol–water partition coefficient (Wildman–Crippen LogP) is 7.74. The number of anilines is 1. The average molecular weight is 519 g/mol. The minimum atomic E-state index is -10.0. The number of nitrogens with one attached hydrogen (secondary N) is 1. The lowest BCUT2D eigenvalue weighted by Gasteiger charge is -2.39. The Kier molecular flexibility index (Phi) is 5.81. The number of methoxy groups -OCH3 is 1. The van der Waals surface area contributed by atoms with Crippen molar-refractivity contribution in [2.24, 2.45) is 11.8 Å². The van der Waals surface area contributed by atoms with Crippen molar-refractivity contribution < 1.29 is 29.0 Å². The Morgan fingerprint density at radius 2 is 1.80 bits per heavy atom. The van der Waals surface area contributed by atoms with Crippen LogP contribution in [0.15, 0.2) is 41.6 Å². The van der Waals surface area contributed by atoms with E-state index in [1.54, 1.807) is 12.1 Å². The monoisotopic (exact) mass is 518 g/mol. The van der Waals surface area contributed by atoms with Gasteiger partial charge in [-0.15, -0.1) is 0 Å². The number of hydrogen-bond acceptors (Lipinski definition) is 4. The number of halogens is 5. The summed E-state index contributed by atoms with van der Waals surface area (Å²) in [5, 5.41) is 5.40. The van der Waals surface area contributed by atoms with E-state index < -0.39 is 26.9 Å². The molecule has 35 heavy (non-hydrogen) atoms. The summed E-state index contributed by atoms with van der Waals surface area (Å²) in [4.78, 5) is 15.5. The van der Waals surface area contributed by atoms with Gasteiger partial charge in [0.25, 0.3) is 5.91 Å². The summed E-state index contributed by atoms with van der Waals surface area (Å²) < 4.78 is 72.7. The molecular formula is C23H27F5N4O2S. The molecule has 0 unspecified atom stereocenters. The first-order valence-electron chi connectivity index (χ1n) is 11.2. The van der Waals surface area contributed by atoms with Crippen LogP contribution in [0.4, 0.5) is 25.1 Å². The number of benzene rings is 1. The van der Waals surface area contributed by atoms with Gasteiger partial charge in [0.05, 0.1) is 24.4 Å². The van der Waals surface area contributed by atoms with E-state index in [4.69, 9.17) is 4.74 Å². The first kappa shape index (κ1) is 25.2. The fourth-order valence-corrected chi connectivity index (χ4v) is 5.11. The summed E-state index contributed by atoms with van der Waals surface area (Å²) in [6.07, 6.45) is 6.11. The van der Waals surface area contributed by atoms with E-state index in [0.29, 0.717) is 28.8 Å². The van der Waals surface area contributed by atoms with Crippen molar-refractivity contribution >= 4 is 32.7 Å². The molecule has 1 aliphatic carbocycles. The number of carbonyl (C=O) groups excluding carboxylic acids is 1. The van der Waals surface area contributed by atoms with Crippen molar-refractivity contribution in [3.8, 4) is 5.75 Å². The van der Waals surface area contributed by atoms with E-state index in [2.05, 4.69) is 29.2 Å². The highest BCUT2D eigenvalue weighted by Gasteiger charge is 2.67. The molecule has 0 bridgehead atoms. The molecule has 0 spiro atoms. The molecule has 192 valence electrons. The smallest absolute Gasteiger partial charge is 0.325 e. The summed E-state index contributed by atoms with van der Waals surface area (Å²) in [5.74, 6) is 0.487. The van der Waals surface area contributed by atoms with Gasteiger partial charge < -0.3 is 10.1 Å². The Bertz CT molecular complexity index is 1270. The van der Waals surface area contributed by atoms with Crippen LogP contribution in [0.25, 0.3) is 10.9 Å². The topological polar surface area (TPSA) is 69.0 Å². The molecule has 4 rings (SSSR count). The molecule has 1 N–H and O–H groups in total. The highest BCUT2D eigenvalue weighted by Crippen LogP contribution is 3.01. The van der Waals surface area contributed by atoms with Crippen LogP contribution in [0.3, 0.4) is 0 Å². The van der Waals surface area contributed by atoms with Gasteiger partial charge in [-0.1, -0.05) is 39.3 Å². The highest BCUT2D eigenvalue weighted by molar-refractivity contribution is 8.45. The number of fused-ring (bicyclic) bond motifs is 1. The Labute approximate surface area is 199 Å². The summed E-state index contributed by atoms with van der Waals surface area (Å²) in [6.45, 7) is 4.47. The van der Waals surface area contributed by atoms with Crippen LogP contribution in [-0.4, -0.2) is 27.8 Å². The van der Waals surface area contributed by atoms with E-state index >= 15 is 0 Å². The van der Waals surface area contributed by atoms with Gasteiger partial charge in [0.15, 0.2) is 5.03 Å². The lowest BCUT2D eigenvalue weighted by molar-refractivity contribution is 0.102. The lowest BCUT2D eigenvalue weighted by Crippen LogP contribution is -2.21. The lowest BCUT2D eigenvalue weighted by atomic mass is 9.80. The molecule has 1 saturated carbocycles. The van der Waals surface area contributed by atoms with Crippen molar-refractivity contribution in [2.45, 2.75) is 50.6 Å².